The Labute approximate surface area is 428 Å². The van der Waals surface area contributed by atoms with Crippen LogP contribution in [-0.2, 0) is 29.3 Å². The number of esters is 1. The van der Waals surface area contributed by atoms with Crippen LogP contribution in [0.1, 0.15) is 64.5 Å². The van der Waals surface area contributed by atoms with Gasteiger partial charge in [-0.15, -0.1) is 0 Å². The minimum atomic E-state index is -2.08. The molecule has 0 aromatic heterocycles. The van der Waals surface area contributed by atoms with Gasteiger partial charge >= 0.3 is 18.0 Å². The summed E-state index contributed by atoms with van der Waals surface area (Å²) in [6.45, 7) is 4.07. The lowest BCUT2D eigenvalue weighted by Gasteiger charge is -2.46. The zero-order valence-electron chi connectivity index (χ0n) is 40.6. The molecule has 0 aliphatic carbocycles. The minimum Gasteiger partial charge on any atom is -0.491 e. The van der Waals surface area contributed by atoms with Crippen molar-refractivity contribution in [2.24, 2.45) is 11.7 Å². The van der Waals surface area contributed by atoms with E-state index in [9.17, 15) is 9.90 Å². The maximum Gasteiger partial charge on any atom is 0.329 e. The van der Waals surface area contributed by atoms with E-state index in [2.05, 4.69) is 32.7 Å². The third-order valence-corrected chi connectivity index (χ3v) is 14.2. The maximum absolute atomic E-state index is 16.8. The predicted octanol–water partition coefficient (Wildman–Crippen LogP) is 6.69. The number of nitrogens with two attached hydrogens (primary N) is 1. The van der Waals surface area contributed by atoms with E-state index in [-0.39, 0.29) is 31.0 Å². The molecular formula is C58H55N7O9. The number of morpholine rings is 2. The van der Waals surface area contributed by atoms with Crippen molar-refractivity contribution in [2.45, 2.75) is 42.6 Å². The molecule has 4 aliphatic heterocycles. The SMILES string of the molecule is C[C@@H](NC(=O)N1C(=O)[C@@]2(c3cc(C#CCNC(N)=O)ccc31)[C@H](c1ccc(OCCO)cc1)N1C(C(=O)O[C@@H](c3ccccc3)[C@H]1c1ccccc1)[C@@H]2C(=O)Nc1ccc(N2CCOCC2)cc1)c1ccccc1. The third-order valence-electron chi connectivity index (χ3n) is 14.2. The highest BCUT2D eigenvalue weighted by molar-refractivity contribution is 6.25. The number of rotatable bonds is 12. The van der Waals surface area contributed by atoms with Gasteiger partial charge in [-0.2, -0.15) is 0 Å². The second-order valence-corrected chi connectivity index (χ2v) is 18.5. The second-order valence-electron chi connectivity index (χ2n) is 18.5. The molecule has 3 saturated heterocycles. The van der Waals surface area contributed by atoms with Gasteiger partial charge in [0.05, 0.1) is 56.1 Å². The van der Waals surface area contributed by atoms with Crippen LogP contribution >= 0.6 is 0 Å². The molecule has 376 valence electrons. The molecule has 4 heterocycles. The maximum atomic E-state index is 16.8. The number of hydrogen-bond donors (Lipinski definition) is 5. The van der Waals surface area contributed by atoms with Gasteiger partial charge in [0.25, 0.3) is 0 Å². The van der Waals surface area contributed by atoms with Gasteiger partial charge in [-0.1, -0.05) is 115 Å². The van der Waals surface area contributed by atoms with Gasteiger partial charge in [0, 0.05) is 30.0 Å². The fourth-order valence-electron chi connectivity index (χ4n) is 11.0. The fraction of sp³-hybridized carbons (Fsp3) is 0.259. The molecule has 6 aromatic carbocycles. The van der Waals surface area contributed by atoms with Gasteiger partial charge in [0.2, 0.25) is 11.8 Å². The number of hydrogen-bond acceptors (Lipinski definition) is 11. The lowest BCUT2D eigenvalue weighted by molar-refractivity contribution is -0.177. The summed E-state index contributed by atoms with van der Waals surface area (Å²) in [5.41, 5.74) is 8.17. The summed E-state index contributed by atoms with van der Waals surface area (Å²) in [6.07, 6.45) is -0.944. The van der Waals surface area contributed by atoms with Gasteiger partial charge in [0.15, 0.2) is 0 Å². The summed E-state index contributed by atoms with van der Waals surface area (Å²) in [6, 6.07) is 42.0. The molecular weight excluding hydrogens is 939 g/mol. The van der Waals surface area contributed by atoms with E-state index in [0.29, 0.717) is 54.4 Å². The van der Waals surface area contributed by atoms with Crippen molar-refractivity contribution in [1.82, 2.24) is 15.5 Å². The van der Waals surface area contributed by atoms with Crippen LogP contribution in [0.15, 0.2) is 158 Å². The first-order chi connectivity index (χ1) is 36.1. The van der Waals surface area contributed by atoms with Crippen LogP contribution in [0.2, 0.25) is 0 Å². The number of carbonyl (C=O) groups is 5. The highest BCUT2D eigenvalue weighted by Gasteiger charge is 2.75. The van der Waals surface area contributed by atoms with Crippen LogP contribution in [-0.4, -0.2) is 92.0 Å². The van der Waals surface area contributed by atoms with Crippen LogP contribution in [0.5, 0.6) is 5.75 Å². The number of amides is 6. The van der Waals surface area contributed by atoms with Crippen molar-refractivity contribution in [2.75, 3.05) is 61.2 Å². The number of benzene rings is 6. The van der Waals surface area contributed by atoms with Gasteiger partial charge in [-0.3, -0.25) is 19.3 Å². The molecule has 4 aliphatic rings. The number of nitrogens with zero attached hydrogens (tertiary/aromatic N) is 3. The Kier molecular flexibility index (Phi) is 14.1. The number of imide groups is 1. The van der Waals surface area contributed by atoms with Crippen LogP contribution in [0.3, 0.4) is 0 Å². The summed E-state index contributed by atoms with van der Waals surface area (Å²) in [5.74, 6) is 2.66. The lowest BCUT2D eigenvalue weighted by atomic mass is 9.65. The summed E-state index contributed by atoms with van der Waals surface area (Å²) >= 11 is 0. The van der Waals surface area contributed by atoms with E-state index in [1.165, 1.54) is 0 Å². The molecule has 1 unspecified atom stereocenters. The predicted molar refractivity (Wildman–Crippen MR) is 277 cm³/mol. The van der Waals surface area contributed by atoms with Crippen LogP contribution in [0.25, 0.3) is 0 Å². The molecule has 3 fully saturated rings. The van der Waals surface area contributed by atoms with E-state index in [1.54, 1.807) is 54.6 Å². The number of carbonyl (C=O) groups excluding carboxylic acids is 5. The summed E-state index contributed by atoms with van der Waals surface area (Å²) in [5, 5.41) is 18.3. The highest BCUT2D eigenvalue weighted by Crippen LogP contribution is 2.66. The van der Waals surface area contributed by atoms with Crippen LogP contribution < -0.4 is 36.2 Å². The van der Waals surface area contributed by atoms with Crippen molar-refractivity contribution in [1.29, 1.82) is 0 Å². The van der Waals surface area contributed by atoms with Crippen LogP contribution in [0, 0.1) is 17.8 Å². The number of fused-ring (bicyclic) bond motifs is 3. The highest BCUT2D eigenvalue weighted by atomic mass is 16.6. The van der Waals surface area contributed by atoms with E-state index in [1.807, 2.05) is 115 Å². The van der Waals surface area contributed by atoms with Crippen LogP contribution in [0.4, 0.5) is 26.7 Å². The number of nitrogens with one attached hydrogen (secondary N) is 3. The fourth-order valence-corrected chi connectivity index (χ4v) is 11.0. The lowest BCUT2D eigenvalue weighted by Crippen LogP contribution is -2.55. The Morgan fingerprint density at radius 3 is 2.14 bits per heavy atom. The quantitative estimate of drug-likeness (QED) is 0.0646. The Bertz CT molecular complexity index is 3090. The number of urea groups is 2. The molecule has 74 heavy (non-hydrogen) atoms. The molecule has 6 N–H and O–H groups in total. The molecule has 1 spiro atoms. The molecule has 0 radical (unpaired) electrons. The molecule has 6 aromatic rings. The number of anilines is 3. The van der Waals surface area contributed by atoms with E-state index < -0.39 is 71.5 Å². The Morgan fingerprint density at radius 2 is 1.47 bits per heavy atom. The molecule has 16 nitrogen and oxygen atoms in total. The van der Waals surface area contributed by atoms with Crippen molar-refractivity contribution < 1.29 is 43.3 Å². The molecule has 0 saturated carbocycles. The molecule has 7 atom stereocenters. The number of primary amides is 1. The summed E-state index contributed by atoms with van der Waals surface area (Å²) in [7, 11) is 0. The molecule has 10 rings (SSSR count). The Morgan fingerprint density at radius 1 is 0.811 bits per heavy atom. The average Bonchev–Trinajstić information content (AvgIpc) is 3.97. The van der Waals surface area contributed by atoms with Crippen molar-refractivity contribution in [3.63, 3.8) is 0 Å². The number of aliphatic hydroxyl groups is 1. The normalized spacial score (nSPS) is 22.4. The third kappa shape index (κ3) is 9.28. The van der Waals surface area contributed by atoms with Crippen molar-refractivity contribution in [3.05, 3.63) is 191 Å². The van der Waals surface area contributed by atoms with Gasteiger partial charge in [-0.05, 0) is 89.3 Å². The van der Waals surface area contributed by atoms with Crippen molar-refractivity contribution in [3.8, 4) is 17.6 Å². The van der Waals surface area contributed by atoms with Gasteiger partial charge in [0.1, 0.15) is 29.9 Å². The zero-order valence-corrected chi connectivity index (χ0v) is 40.6. The molecule has 16 heteroatoms. The van der Waals surface area contributed by atoms with Gasteiger partial charge in [-0.25, -0.2) is 14.5 Å². The van der Waals surface area contributed by atoms with E-state index in [4.69, 9.17) is 19.9 Å². The largest absolute Gasteiger partial charge is 0.491 e. The second kappa shape index (κ2) is 21.3. The topological polar surface area (TPSA) is 205 Å². The Hall–Kier alpha value is -8.49. The summed E-state index contributed by atoms with van der Waals surface area (Å²) in [4.78, 5) is 80.5. The molecule has 6 amide bonds. The van der Waals surface area contributed by atoms with E-state index in [0.717, 1.165) is 21.7 Å². The monoisotopic (exact) mass is 993 g/mol. The minimum absolute atomic E-state index is 0.0212. The Balaban J connectivity index is 1.22. The van der Waals surface area contributed by atoms with Gasteiger partial charge < -0.3 is 45.9 Å². The summed E-state index contributed by atoms with van der Waals surface area (Å²) < 4.78 is 18.1. The first-order valence-corrected chi connectivity index (χ1v) is 24.6. The smallest absolute Gasteiger partial charge is 0.329 e. The molecule has 0 bridgehead atoms. The average molecular weight is 994 g/mol. The van der Waals surface area contributed by atoms with Crippen molar-refractivity contribution >= 4 is 46.9 Å². The first-order valence-electron chi connectivity index (χ1n) is 24.6. The zero-order chi connectivity index (χ0) is 51.3. The standard InChI is InChI=1S/C58H55N7O9/c1-37(39-13-5-2-6-14-39)61-57(71)64-47-28-19-38(12-11-29-60-56(59)70)36-46(47)58(55(64)69)48(53(67)62-43-22-24-44(25-23-43)63-30-33-72-34-31-63)50-54(68)74-51(41-17-9-4-10-18-41)49(40-15-7-3-8-16-40)65(50)52(58)42-20-26-45(27-21-42)73-35-32-66/h2-10,13-28,36-37,48-52,66H,29-35H2,1H3,(H,61,71)(H,62,67)(H3,59,60,70)/t37-,48-,49-,50?,51+,52+,58-/m1/s1. The number of aliphatic hydroxyl groups excluding tert-OH is 1. The number of cyclic esters (lactones) is 1. The first kappa shape index (κ1) is 49.1. The van der Waals surface area contributed by atoms with E-state index >= 15 is 19.2 Å². The number of ether oxygens (including phenoxy) is 3.